The molecule has 2 aromatic carbocycles. The number of hydrogen-bond acceptors (Lipinski definition) is 4. The average Bonchev–Trinajstić information content (AvgIpc) is 3.34. The predicted octanol–water partition coefficient (Wildman–Crippen LogP) is 5.80. The molecule has 0 spiro atoms. The number of carbonyl (C=O) groups excluding carboxylic acids is 1. The lowest BCUT2D eigenvalue weighted by molar-refractivity contribution is 0.206. The Hall–Kier alpha value is -4.13. The van der Waals surface area contributed by atoms with Gasteiger partial charge in [0.1, 0.15) is 17.2 Å². The first-order valence-electron chi connectivity index (χ1n) is 10.5. The number of H-pyrrole nitrogens is 1. The molecule has 3 heterocycles. The molecule has 0 aliphatic carbocycles. The van der Waals surface area contributed by atoms with E-state index in [1.165, 1.54) is 5.56 Å². The zero-order valence-corrected chi connectivity index (χ0v) is 17.7. The minimum absolute atomic E-state index is 0. The second kappa shape index (κ2) is 9.56. The van der Waals surface area contributed by atoms with E-state index in [9.17, 15) is 4.79 Å². The summed E-state index contributed by atoms with van der Waals surface area (Å²) in [5, 5.41) is 3.00. The number of benzene rings is 2. The standard InChI is InChI=1S/C25H23N5O2.CH4/c1-17-3-2-4-20(13-17)29-25(31)30-12-8-18-5-6-21(14-19(18)16-30)32-22-7-9-26-23(15-22)24-27-10-11-28-24;/h2-7,9-11,13-15H,8,12,16H2,1H3,(H,27,28)(H,29,31);1H4. The van der Waals surface area contributed by atoms with Crippen LogP contribution in [0.5, 0.6) is 11.5 Å². The molecule has 0 radical (unpaired) electrons. The minimum atomic E-state index is -0.0928. The van der Waals surface area contributed by atoms with Gasteiger partial charge in [-0.2, -0.15) is 0 Å². The number of aryl methyl sites for hydroxylation is 1. The van der Waals surface area contributed by atoms with Crippen LogP contribution in [0.4, 0.5) is 10.5 Å². The minimum Gasteiger partial charge on any atom is -0.457 e. The number of urea groups is 1. The van der Waals surface area contributed by atoms with Crippen LogP contribution in [0.3, 0.4) is 0 Å². The number of carbonyl (C=O) groups is 1. The largest absolute Gasteiger partial charge is 0.457 e. The molecule has 0 saturated carbocycles. The Balaban J connectivity index is 0.00000259. The van der Waals surface area contributed by atoms with Gasteiger partial charge in [-0.3, -0.25) is 4.98 Å². The van der Waals surface area contributed by atoms with Crippen molar-refractivity contribution in [1.82, 2.24) is 19.9 Å². The Labute approximate surface area is 193 Å². The summed E-state index contributed by atoms with van der Waals surface area (Å²) in [5.74, 6) is 2.09. The Morgan fingerprint density at radius 1 is 1.03 bits per heavy atom. The maximum atomic E-state index is 12.8. The van der Waals surface area contributed by atoms with Crippen molar-refractivity contribution < 1.29 is 9.53 Å². The molecular weight excluding hydrogens is 414 g/mol. The molecule has 0 fully saturated rings. The van der Waals surface area contributed by atoms with Gasteiger partial charge in [0.05, 0.1) is 0 Å². The number of pyridine rings is 1. The number of nitrogens with zero attached hydrogens (tertiary/aromatic N) is 3. The third-order valence-corrected chi connectivity index (χ3v) is 5.45. The summed E-state index contributed by atoms with van der Waals surface area (Å²) < 4.78 is 6.09. The summed E-state index contributed by atoms with van der Waals surface area (Å²) in [5.41, 5.74) is 4.96. The Morgan fingerprint density at radius 2 is 1.91 bits per heavy atom. The maximum absolute atomic E-state index is 12.8. The number of ether oxygens (including phenoxy) is 1. The number of rotatable bonds is 4. The topological polar surface area (TPSA) is 83.1 Å². The van der Waals surface area contributed by atoms with E-state index < -0.39 is 0 Å². The predicted molar refractivity (Wildman–Crippen MR) is 129 cm³/mol. The van der Waals surface area contributed by atoms with Crippen LogP contribution in [0, 0.1) is 6.92 Å². The molecular formula is C26H27N5O2. The normalized spacial score (nSPS) is 12.5. The number of hydrogen-bond donors (Lipinski definition) is 2. The van der Waals surface area contributed by atoms with Crippen LogP contribution in [0.2, 0.25) is 0 Å². The van der Waals surface area contributed by atoms with E-state index in [0.717, 1.165) is 29.0 Å². The first-order valence-corrected chi connectivity index (χ1v) is 10.5. The van der Waals surface area contributed by atoms with Gasteiger partial charge in [0, 0.05) is 43.4 Å². The van der Waals surface area contributed by atoms with Crippen LogP contribution in [0.15, 0.2) is 73.2 Å². The summed E-state index contributed by atoms with van der Waals surface area (Å²) in [7, 11) is 0. The fourth-order valence-corrected chi connectivity index (χ4v) is 3.84. The zero-order valence-electron chi connectivity index (χ0n) is 17.7. The lowest BCUT2D eigenvalue weighted by Gasteiger charge is -2.29. The molecule has 4 aromatic rings. The highest BCUT2D eigenvalue weighted by atomic mass is 16.5. The van der Waals surface area contributed by atoms with Crippen LogP contribution >= 0.6 is 0 Å². The van der Waals surface area contributed by atoms with Crippen molar-refractivity contribution in [2.45, 2.75) is 27.3 Å². The molecule has 2 amide bonds. The number of fused-ring (bicyclic) bond motifs is 1. The lowest BCUT2D eigenvalue weighted by Crippen LogP contribution is -2.38. The summed E-state index contributed by atoms with van der Waals surface area (Å²) >= 11 is 0. The molecule has 168 valence electrons. The number of imidazole rings is 1. The van der Waals surface area contributed by atoms with Crippen molar-refractivity contribution >= 4 is 11.7 Å². The molecule has 2 N–H and O–H groups in total. The van der Waals surface area contributed by atoms with E-state index in [1.54, 1.807) is 18.6 Å². The van der Waals surface area contributed by atoms with Crippen molar-refractivity contribution in [2.24, 2.45) is 0 Å². The summed E-state index contributed by atoms with van der Waals surface area (Å²) in [4.78, 5) is 26.2. The molecule has 0 saturated heterocycles. The number of nitrogens with one attached hydrogen (secondary N) is 2. The van der Waals surface area contributed by atoms with Crippen molar-refractivity contribution in [3.63, 3.8) is 0 Å². The number of anilines is 1. The third kappa shape index (κ3) is 5.03. The van der Waals surface area contributed by atoms with E-state index in [4.69, 9.17) is 4.74 Å². The molecule has 5 rings (SSSR count). The SMILES string of the molecule is C.Cc1cccc(NC(=O)N2CCc3ccc(Oc4ccnc(-c5ncc[nH]5)c4)cc3C2)c1. The number of aromatic nitrogens is 3. The number of amides is 2. The summed E-state index contributed by atoms with van der Waals surface area (Å²) in [6, 6.07) is 17.4. The summed E-state index contributed by atoms with van der Waals surface area (Å²) in [6.07, 6.45) is 5.96. The smallest absolute Gasteiger partial charge is 0.322 e. The van der Waals surface area contributed by atoms with Crippen molar-refractivity contribution in [3.8, 4) is 23.0 Å². The Morgan fingerprint density at radius 3 is 2.73 bits per heavy atom. The summed E-state index contributed by atoms with van der Waals surface area (Å²) in [6.45, 7) is 3.23. The molecule has 7 heteroatoms. The number of aromatic amines is 1. The van der Waals surface area contributed by atoms with Crippen LogP contribution < -0.4 is 10.1 Å². The fraction of sp³-hybridized carbons (Fsp3) is 0.192. The Kier molecular flexibility index (Phi) is 6.40. The fourth-order valence-electron chi connectivity index (χ4n) is 3.84. The van der Waals surface area contributed by atoms with E-state index in [1.807, 2.05) is 60.4 Å². The molecule has 1 aliphatic heterocycles. The molecule has 0 unspecified atom stereocenters. The van der Waals surface area contributed by atoms with Gasteiger partial charge in [-0.15, -0.1) is 0 Å². The van der Waals surface area contributed by atoms with Gasteiger partial charge < -0.3 is 19.9 Å². The van der Waals surface area contributed by atoms with Gasteiger partial charge in [0.2, 0.25) is 0 Å². The highest BCUT2D eigenvalue weighted by molar-refractivity contribution is 5.89. The molecule has 0 bridgehead atoms. The third-order valence-electron chi connectivity index (χ3n) is 5.45. The molecule has 7 nitrogen and oxygen atoms in total. The van der Waals surface area contributed by atoms with Gasteiger partial charge in [-0.05, 0) is 60.4 Å². The van der Waals surface area contributed by atoms with E-state index in [-0.39, 0.29) is 13.5 Å². The van der Waals surface area contributed by atoms with Crippen molar-refractivity contribution in [3.05, 3.63) is 89.9 Å². The maximum Gasteiger partial charge on any atom is 0.322 e. The second-order valence-electron chi connectivity index (χ2n) is 7.82. The monoisotopic (exact) mass is 441 g/mol. The molecule has 2 aromatic heterocycles. The van der Waals surface area contributed by atoms with Crippen molar-refractivity contribution in [2.75, 3.05) is 11.9 Å². The average molecular weight is 442 g/mol. The van der Waals surface area contributed by atoms with Gasteiger partial charge in [-0.25, -0.2) is 9.78 Å². The van der Waals surface area contributed by atoms with E-state index >= 15 is 0 Å². The quantitative estimate of drug-likeness (QED) is 0.419. The second-order valence-corrected chi connectivity index (χ2v) is 7.82. The first kappa shape index (κ1) is 22.1. The highest BCUT2D eigenvalue weighted by Crippen LogP contribution is 2.29. The van der Waals surface area contributed by atoms with Gasteiger partial charge >= 0.3 is 6.03 Å². The van der Waals surface area contributed by atoms with Crippen LogP contribution in [0.1, 0.15) is 24.1 Å². The lowest BCUT2D eigenvalue weighted by atomic mass is 10.00. The van der Waals surface area contributed by atoms with Crippen molar-refractivity contribution in [1.29, 1.82) is 0 Å². The van der Waals surface area contributed by atoms with Gasteiger partial charge in [0.15, 0.2) is 5.82 Å². The van der Waals surface area contributed by atoms with Crippen LogP contribution in [-0.2, 0) is 13.0 Å². The van der Waals surface area contributed by atoms with E-state index in [2.05, 4.69) is 26.3 Å². The molecule has 1 aliphatic rings. The van der Waals surface area contributed by atoms with Gasteiger partial charge in [0.25, 0.3) is 0 Å². The van der Waals surface area contributed by atoms with Crippen LogP contribution in [0.25, 0.3) is 11.5 Å². The van der Waals surface area contributed by atoms with Crippen LogP contribution in [-0.4, -0.2) is 32.4 Å². The molecule has 33 heavy (non-hydrogen) atoms. The Bertz CT molecular complexity index is 1250. The van der Waals surface area contributed by atoms with Gasteiger partial charge in [-0.1, -0.05) is 25.6 Å². The zero-order chi connectivity index (χ0) is 21.9. The first-order chi connectivity index (χ1) is 15.6. The highest BCUT2D eigenvalue weighted by Gasteiger charge is 2.21. The van der Waals surface area contributed by atoms with E-state index in [0.29, 0.717) is 30.4 Å². The molecule has 0 atom stereocenters.